The Morgan fingerprint density at radius 3 is 2.90 bits per heavy atom. The Kier molecular flexibility index (Phi) is 5.71. The van der Waals surface area contributed by atoms with E-state index in [1.54, 1.807) is 25.1 Å². The van der Waals surface area contributed by atoms with Crippen molar-refractivity contribution in [2.45, 2.75) is 32.4 Å². The zero-order chi connectivity index (χ0) is 20.2. The van der Waals surface area contributed by atoms with Crippen LogP contribution in [0.2, 0.25) is 0 Å². The van der Waals surface area contributed by atoms with Crippen LogP contribution in [0.5, 0.6) is 5.75 Å². The largest absolute Gasteiger partial charge is 0.489 e. The van der Waals surface area contributed by atoms with E-state index in [0.29, 0.717) is 29.2 Å². The van der Waals surface area contributed by atoms with Gasteiger partial charge in [0.15, 0.2) is 0 Å². The maximum absolute atomic E-state index is 13.8. The van der Waals surface area contributed by atoms with E-state index in [1.807, 2.05) is 0 Å². The van der Waals surface area contributed by atoms with E-state index < -0.39 is 5.82 Å². The van der Waals surface area contributed by atoms with Crippen LogP contribution in [-0.4, -0.2) is 29.5 Å². The number of anilines is 1. The lowest BCUT2D eigenvalue weighted by Crippen LogP contribution is -2.17. The second-order valence-corrected chi connectivity index (χ2v) is 6.92. The van der Waals surface area contributed by atoms with Gasteiger partial charge in [-0.15, -0.1) is 0 Å². The molecule has 0 spiro atoms. The van der Waals surface area contributed by atoms with Crippen molar-refractivity contribution in [3.05, 3.63) is 59.5 Å². The summed E-state index contributed by atoms with van der Waals surface area (Å²) in [5.41, 5.74) is 1.54. The molecule has 8 heteroatoms. The van der Waals surface area contributed by atoms with Crippen molar-refractivity contribution < 1.29 is 22.8 Å². The first-order chi connectivity index (χ1) is 14.1. The number of nitrogens with zero attached hydrogens (tertiary/aromatic N) is 2. The molecule has 0 aliphatic carbocycles. The van der Waals surface area contributed by atoms with Gasteiger partial charge in [0.2, 0.25) is 11.7 Å². The van der Waals surface area contributed by atoms with Crippen molar-refractivity contribution in [1.82, 2.24) is 10.1 Å². The number of hydrogen-bond acceptors (Lipinski definition) is 6. The van der Waals surface area contributed by atoms with Crippen LogP contribution >= 0.6 is 0 Å². The summed E-state index contributed by atoms with van der Waals surface area (Å²) in [7, 11) is 0. The molecular formula is C21H21F2N3O3. The van der Waals surface area contributed by atoms with Crippen LogP contribution in [0.3, 0.4) is 0 Å². The molecule has 0 bridgehead atoms. The lowest BCUT2D eigenvalue weighted by Gasteiger charge is -2.15. The first-order valence-corrected chi connectivity index (χ1v) is 9.45. The zero-order valence-corrected chi connectivity index (χ0v) is 16.0. The number of ether oxygens (including phenoxy) is 2. The lowest BCUT2D eigenvalue weighted by atomic mass is 10.1. The molecule has 4 rings (SSSR count). The average Bonchev–Trinajstić information content (AvgIpc) is 3.40. The number of aryl methyl sites for hydroxylation is 1. The van der Waals surface area contributed by atoms with Gasteiger partial charge in [-0.1, -0.05) is 17.3 Å². The summed E-state index contributed by atoms with van der Waals surface area (Å²) in [6.45, 7) is 3.00. The van der Waals surface area contributed by atoms with E-state index in [2.05, 4.69) is 15.5 Å². The van der Waals surface area contributed by atoms with Crippen LogP contribution in [0, 0.1) is 18.6 Å². The minimum absolute atomic E-state index is 0.0568. The Bertz CT molecular complexity index is 987. The Morgan fingerprint density at radius 2 is 2.10 bits per heavy atom. The Morgan fingerprint density at radius 1 is 1.21 bits per heavy atom. The molecule has 6 nitrogen and oxygen atoms in total. The molecule has 1 atom stereocenters. The van der Waals surface area contributed by atoms with Gasteiger partial charge in [-0.2, -0.15) is 4.98 Å². The van der Waals surface area contributed by atoms with Crippen molar-refractivity contribution in [2.75, 3.05) is 18.5 Å². The fourth-order valence-electron chi connectivity index (χ4n) is 3.07. The third kappa shape index (κ3) is 4.71. The van der Waals surface area contributed by atoms with Gasteiger partial charge in [0.1, 0.15) is 24.0 Å². The van der Waals surface area contributed by atoms with Crippen molar-refractivity contribution in [3.63, 3.8) is 0 Å². The number of aromatic nitrogens is 2. The number of rotatable bonds is 7. The minimum Gasteiger partial charge on any atom is -0.489 e. The molecule has 2 heterocycles. The highest BCUT2D eigenvalue weighted by Crippen LogP contribution is 2.27. The van der Waals surface area contributed by atoms with Crippen molar-refractivity contribution in [3.8, 4) is 17.1 Å². The summed E-state index contributed by atoms with van der Waals surface area (Å²) >= 11 is 0. The van der Waals surface area contributed by atoms with E-state index >= 15 is 0 Å². The van der Waals surface area contributed by atoms with Gasteiger partial charge in [0, 0.05) is 18.2 Å². The molecule has 1 aliphatic heterocycles. The van der Waals surface area contributed by atoms with Crippen LogP contribution in [0.1, 0.15) is 24.3 Å². The Balaban J connectivity index is 1.42. The number of nitrogens with one attached hydrogen (secondary N) is 1. The zero-order valence-electron chi connectivity index (χ0n) is 16.0. The predicted octanol–water partition coefficient (Wildman–Crippen LogP) is 4.49. The fourth-order valence-corrected chi connectivity index (χ4v) is 3.07. The predicted molar refractivity (Wildman–Crippen MR) is 103 cm³/mol. The second-order valence-electron chi connectivity index (χ2n) is 6.92. The Labute approximate surface area is 166 Å². The number of benzene rings is 2. The molecule has 0 amide bonds. The van der Waals surface area contributed by atoms with Gasteiger partial charge >= 0.3 is 0 Å². The highest BCUT2D eigenvalue weighted by Gasteiger charge is 2.17. The van der Waals surface area contributed by atoms with Gasteiger partial charge in [0.05, 0.1) is 18.3 Å². The smallest absolute Gasteiger partial charge is 0.246 e. The number of halogens is 2. The van der Waals surface area contributed by atoms with Crippen LogP contribution in [-0.2, 0) is 11.3 Å². The van der Waals surface area contributed by atoms with E-state index in [-0.39, 0.29) is 30.2 Å². The summed E-state index contributed by atoms with van der Waals surface area (Å²) in [5, 5.41) is 6.94. The Hall–Kier alpha value is -3.00. The normalized spacial score (nSPS) is 16.2. The summed E-state index contributed by atoms with van der Waals surface area (Å²) in [5.74, 6) is 0.366. The maximum atomic E-state index is 13.8. The summed E-state index contributed by atoms with van der Waals surface area (Å²) in [4.78, 5) is 4.27. The summed E-state index contributed by atoms with van der Waals surface area (Å²) < 4.78 is 44.0. The molecule has 2 aromatic carbocycles. The van der Waals surface area contributed by atoms with Crippen molar-refractivity contribution in [2.24, 2.45) is 0 Å². The SMILES string of the molecule is Cc1ccc(-c2noc(CNc3cc(F)ccc3OCC3CCCO3)n2)cc1F. The molecule has 1 fully saturated rings. The third-order valence-corrected chi connectivity index (χ3v) is 4.72. The minimum atomic E-state index is -0.390. The standard InChI is InChI=1S/C21H21F2N3O3/c1-13-4-5-14(9-17(13)23)21-25-20(29-26-21)11-24-18-10-15(22)6-7-19(18)28-12-16-3-2-8-27-16/h4-7,9-10,16,24H,2-3,8,11-12H2,1H3. The molecular weight excluding hydrogens is 380 g/mol. The molecule has 1 N–H and O–H groups in total. The molecule has 0 radical (unpaired) electrons. The fraction of sp³-hybridized carbons (Fsp3) is 0.333. The second kappa shape index (κ2) is 8.57. The summed E-state index contributed by atoms with van der Waals surface area (Å²) in [6, 6.07) is 9.00. The highest BCUT2D eigenvalue weighted by atomic mass is 19.1. The summed E-state index contributed by atoms with van der Waals surface area (Å²) in [6.07, 6.45) is 2.03. The quantitative estimate of drug-likeness (QED) is 0.629. The van der Waals surface area contributed by atoms with Crippen LogP contribution in [0.4, 0.5) is 14.5 Å². The van der Waals surface area contributed by atoms with E-state index in [9.17, 15) is 8.78 Å². The van der Waals surface area contributed by atoms with Crippen LogP contribution < -0.4 is 10.1 Å². The molecule has 1 aromatic heterocycles. The van der Waals surface area contributed by atoms with Crippen molar-refractivity contribution >= 4 is 5.69 Å². The molecule has 1 aliphatic rings. The molecule has 0 saturated carbocycles. The van der Waals surface area contributed by atoms with E-state index in [4.69, 9.17) is 14.0 Å². The molecule has 1 saturated heterocycles. The van der Waals surface area contributed by atoms with E-state index in [1.165, 1.54) is 18.2 Å². The highest BCUT2D eigenvalue weighted by molar-refractivity contribution is 5.57. The molecule has 3 aromatic rings. The van der Waals surface area contributed by atoms with Gasteiger partial charge in [-0.25, -0.2) is 8.78 Å². The van der Waals surface area contributed by atoms with Gasteiger partial charge in [-0.05, 0) is 43.5 Å². The molecule has 1 unspecified atom stereocenters. The topological polar surface area (TPSA) is 69.4 Å². The van der Waals surface area contributed by atoms with Gasteiger partial charge < -0.3 is 19.3 Å². The van der Waals surface area contributed by atoms with E-state index in [0.717, 1.165) is 19.4 Å². The maximum Gasteiger partial charge on any atom is 0.246 e. The first-order valence-electron chi connectivity index (χ1n) is 9.45. The molecule has 152 valence electrons. The van der Waals surface area contributed by atoms with Crippen LogP contribution in [0.25, 0.3) is 11.4 Å². The first kappa shape index (κ1) is 19.3. The van der Waals surface area contributed by atoms with Gasteiger partial charge in [0.25, 0.3) is 0 Å². The lowest BCUT2D eigenvalue weighted by molar-refractivity contribution is 0.0681. The average molecular weight is 401 g/mol. The van der Waals surface area contributed by atoms with Crippen molar-refractivity contribution in [1.29, 1.82) is 0 Å². The molecule has 29 heavy (non-hydrogen) atoms. The van der Waals surface area contributed by atoms with Gasteiger partial charge in [-0.3, -0.25) is 0 Å². The third-order valence-electron chi connectivity index (χ3n) is 4.72. The number of hydrogen-bond donors (Lipinski definition) is 1. The monoisotopic (exact) mass is 401 g/mol. The van der Waals surface area contributed by atoms with Crippen LogP contribution in [0.15, 0.2) is 40.9 Å².